The average Bonchev–Trinajstić information content (AvgIpc) is 2.47. The molecule has 0 bridgehead atoms. The summed E-state index contributed by atoms with van der Waals surface area (Å²) in [5.74, 6) is 0.831. The van der Waals surface area contributed by atoms with Gasteiger partial charge in [0, 0.05) is 22.8 Å². The number of hydrogen-bond acceptors (Lipinski definition) is 2. The van der Waals surface area contributed by atoms with Gasteiger partial charge in [-0.25, -0.2) is 0 Å². The van der Waals surface area contributed by atoms with E-state index in [9.17, 15) is 0 Å². The van der Waals surface area contributed by atoms with Gasteiger partial charge < -0.3 is 10.1 Å². The summed E-state index contributed by atoms with van der Waals surface area (Å²) in [7, 11) is 0. The molecule has 0 atom stereocenters. The van der Waals surface area contributed by atoms with Crippen LogP contribution in [0.25, 0.3) is 0 Å². The van der Waals surface area contributed by atoms with E-state index in [4.69, 9.17) is 16.3 Å². The van der Waals surface area contributed by atoms with Crippen LogP contribution in [0.3, 0.4) is 0 Å². The molecule has 1 N–H and O–H groups in total. The Morgan fingerprint density at radius 2 is 2.00 bits per heavy atom. The van der Waals surface area contributed by atoms with Crippen molar-refractivity contribution < 1.29 is 4.74 Å². The smallest absolute Gasteiger partial charge is 0.124 e. The summed E-state index contributed by atoms with van der Waals surface area (Å²) >= 11 is 6.09. The minimum Gasteiger partial charge on any atom is -0.489 e. The molecule has 0 fully saturated rings. The summed E-state index contributed by atoms with van der Waals surface area (Å²) in [6.45, 7) is 9.00. The van der Waals surface area contributed by atoms with Crippen LogP contribution in [0.15, 0.2) is 49.1 Å². The molecule has 2 nitrogen and oxygen atoms in total. The second kappa shape index (κ2) is 7.19. The third-order valence-corrected chi connectivity index (χ3v) is 3.48. The first-order valence-corrected chi connectivity index (χ1v) is 7.31. The SMILES string of the molecule is C=CCOc1ccc(Cl)cc1CNc1cc(C)ccc1C. The van der Waals surface area contributed by atoms with Crippen LogP contribution in [0.5, 0.6) is 5.75 Å². The van der Waals surface area contributed by atoms with Crippen LogP contribution in [0.2, 0.25) is 5.02 Å². The number of aryl methyl sites for hydroxylation is 2. The molecular formula is C18H20ClNO. The van der Waals surface area contributed by atoms with Crippen molar-refractivity contribution in [3.63, 3.8) is 0 Å². The van der Waals surface area contributed by atoms with Crippen molar-refractivity contribution in [3.8, 4) is 5.75 Å². The molecule has 0 amide bonds. The van der Waals surface area contributed by atoms with Gasteiger partial charge in [-0.1, -0.05) is 36.4 Å². The third-order valence-electron chi connectivity index (χ3n) is 3.24. The Kier molecular flexibility index (Phi) is 5.29. The lowest BCUT2D eigenvalue weighted by Crippen LogP contribution is -2.04. The fraction of sp³-hybridized carbons (Fsp3) is 0.222. The molecule has 0 saturated carbocycles. The average molecular weight is 302 g/mol. The molecule has 21 heavy (non-hydrogen) atoms. The lowest BCUT2D eigenvalue weighted by atomic mass is 10.1. The zero-order valence-corrected chi connectivity index (χ0v) is 13.2. The van der Waals surface area contributed by atoms with Gasteiger partial charge in [0.25, 0.3) is 0 Å². The van der Waals surface area contributed by atoms with Crippen molar-refractivity contribution in [1.29, 1.82) is 0 Å². The van der Waals surface area contributed by atoms with Crippen molar-refractivity contribution >= 4 is 17.3 Å². The highest BCUT2D eigenvalue weighted by Gasteiger charge is 2.06. The van der Waals surface area contributed by atoms with E-state index in [1.165, 1.54) is 11.1 Å². The van der Waals surface area contributed by atoms with Crippen molar-refractivity contribution in [2.24, 2.45) is 0 Å². The second-order valence-corrected chi connectivity index (χ2v) is 5.46. The van der Waals surface area contributed by atoms with E-state index >= 15 is 0 Å². The van der Waals surface area contributed by atoms with Gasteiger partial charge in [0.2, 0.25) is 0 Å². The van der Waals surface area contributed by atoms with Gasteiger partial charge in [-0.05, 0) is 49.2 Å². The largest absolute Gasteiger partial charge is 0.489 e. The van der Waals surface area contributed by atoms with Crippen LogP contribution in [-0.2, 0) is 6.54 Å². The second-order valence-electron chi connectivity index (χ2n) is 5.02. The first kappa shape index (κ1) is 15.5. The molecule has 0 heterocycles. The van der Waals surface area contributed by atoms with Crippen LogP contribution in [0.4, 0.5) is 5.69 Å². The van der Waals surface area contributed by atoms with E-state index < -0.39 is 0 Å². The highest BCUT2D eigenvalue weighted by molar-refractivity contribution is 6.30. The maximum absolute atomic E-state index is 6.09. The van der Waals surface area contributed by atoms with Crippen molar-refractivity contribution in [1.82, 2.24) is 0 Å². The van der Waals surface area contributed by atoms with E-state index in [1.807, 2.05) is 18.2 Å². The van der Waals surface area contributed by atoms with E-state index in [1.54, 1.807) is 6.08 Å². The quantitative estimate of drug-likeness (QED) is 0.746. The summed E-state index contributed by atoms with van der Waals surface area (Å²) in [4.78, 5) is 0. The maximum Gasteiger partial charge on any atom is 0.124 e. The fourth-order valence-electron chi connectivity index (χ4n) is 2.09. The van der Waals surface area contributed by atoms with Gasteiger partial charge >= 0.3 is 0 Å². The van der Waals surface area contributed by atoms with Gasteiger partial charge in [-0.2, -0.15) is 0 Å². The highest BCUT2D eigenvalue weighted by atomic mass is 35.5. The summed E-state index contributed by atoms with van der Waals surface area (Å²) < 4.78 is 5.67. The number of benzene rings is 2. The zero-order chi connectivity index (χ0) is 15.2. The lowest BCUT2D eigenvalue weighted by molar-refractivity contribution is 0.359. The number of rotatable bonds is 6. The molecule has 0 unspecified atom stereocenters. The van der Waals surface area contributed by atoms with Gasteiger partial charge in [0.1, 0.15) is 12.4 Å². The Morgan fingerprint density at radius 1 is 1.19 bits per heavy atom. The van der Waals surface area contributed by atoms with Gasteiger partial charge in [0.05, 0.1) is 0 Å². The molecule has 0 aliphatic heterocycles. The number of halogens is 1. The summed E-state index contributed by atoms with van der Waals surface area (Å²) in [6.07, 6.45) is 1.73. The molecule has 3 heteroatoms. The van der Waals surface area contributed by atoms with Crippen LogP contribution in [0, 0.1) is 13.8 Å². The molecule has 0 aliphatic rings. The van der Waals surface area contributed by atoms with E-state index in [0.717, 1.165) is 17.0 Å². The molecule has 0 saturated heterocycles. The maximum atomic E-state index is 6.09. The summed E-state index contributed by atoms with van der Waals surface area (Å²) in [6, 6.07) is 12.0. The number of anilines is 1. The van der Waals surface area contributed by atoms with E-state index in [0.29, 0.717) is 18.2 Å². The van der Waals surface area contributed by atoms with Gasteiger partial charge in [-0.3, -0.25) is 0 Å². The third kappa shape index (κ3) is 4.27. The molecule has 0 aromatic heterocycles. The van der Waals surface area contributed by atoms with Crippen LogP contribution < -0.4 is 10.1 Å². The van der Waals surface area contributed by atoms with E-state index in [2.05, 4.69) is 43.9 Å². The molecule has 110 valence electrons. The Balaban J connectivity index is 2.16. The first-order chi connectivity index (χ1) is 10.1. The summed E-state index contributed by atoms with van der Waals surface area (Å²) in [5.41, 5.74) is 4.61. The van der Waals surface area contributed by atoms with Crippen LogP contribution in [0.1, 0.15) is 16.7 Å². The molecule has 2 rings (SSSR count). The summed E-state index contributed by atoms with van der Waals surface area (Å²) in [5, 5.41) is 4.16. The Labute approximate surface area is 131 Å². The topological polar surface area (TPSA) is 21.3 Å². The monoisotopic (exact) mass is 301 g/mol. The highest BCUT2D eigenvalue weighted by Crippen LogP contribution is 2.25. The minimum atomic E-state index is 0.484. The number of nitrogens with one attached hydrogen (secondary N) is 1. The molecule has 2 aromatic rings. The van der Waals surface area contributed by atoms with Gasteiger partial charge in [-0.15, -0.1) is 0 Å². The predicted molar refractivity (Wildman–Crippen MR) is 90.4 cm³/mol. The van der Waals surface area contributed by atoms with Gasteiger partial charge in [0.15, 0.2) is 0 Å². The van der Waals surface area contributed by atoms with Crippen molar-refractivity contribution in [2.45, 2.75) is 20.4 Å². The predicted octanol–water partition coefficient (Wildman–Crippen LogP) is 5.13. The Bertz CT molecular complexity index is 637. The minimum absolute atomic E-state index is 0.484. The molecule has 0 spiro atoms. The normalized spacial score (nSPS) is 10.2. The zero-order valence-electron chi connectivity index (χ0n) is 12.4. The number of ether oxygens (including phenoxy) is 1. The molecular weight excluding hydrogens is 282 g/mol. The fourth-order valence-corrected chi connectivity index (χ4v) is 2.29. The van der Waals surface area contributed by atoms with Crippen molar-refractivity contribution in [3.05, 3.63) is 70.8 Å². The Morgan fingerprint density at radius 3 is 2.76 bits per heavy atom. The van der Waals surface area contributed by atoms with Crippen LogP contribution >= 0.6 is 11.6 Å². The molecule has 2 aromatic carbocycles. The van der Waals surface area contributed by atoms with Crippen molar-refractivity contribution in [2.75, 3.05) is 11.9 Å². The number of hydrogen-bond donors (Lipinski definition) is 1. The van der Waals surface area contributed by atoms with E-state index in [-0.39, 0.29) is 0 Å². The lowest BCUT2D eigenvalue weighted by Gasteiger charge is -2.14. The Hall–Kier alpha value is -1.93. The first-order valence-electron chi connectivity index (χ1n) is 6.93. The molecule has 0 aliphatic carbocycles. The molecule has 0 radical (unpaired) electrons. The van der Waals surface area contributed by atoms with Crippen LogP contribution in [-0.4, -0.2) is 6.61 Å². The standard InChI is InChI=1S/C18H20ClNO/c1-4-9-21-18-8-7-16(19)11-15(18)12-20-17-10-13(2)5-6-14(17)3/h4-8,10-11,20H,1,9,12H2,2-3H3.